The Kier molecular flexibility index (Phi) is 3.46. The SMILES string of the molecule is Fc1cc(F)c(CN2CC[N]CC2)c(F)c1. The molecular formula is C11H12F3N2. The molecule has 1 aliphatic heterocycles. The van der Waals surface area contributed by atoms with E-state index in [0.717, 1.165) is 0 Å². The number of halogens is 3. The summed E-state index contributed by atoms with van der Waals surface area (Å²) in [6.45, 7) is 2.93. The molecule has 1 aromatic rings. The lowest BCUT2D eigenvalue weighted by Crippen LogP contribution is -2.39. The summed E-state index contributed by atoms with van der Waals surface area (Å²) in [4.78, 5) is 1.91. The van der Waals surface area contributed by atoms with E-state index in [9.17, 15) is 13.2 Å². The third kappa shape index (κ3) is 2.54. The Balaban J connectivity index is 2.14. The number of benzene rings is 1. The van der Waals surface area contributed by atoms with Gasteiger partial charge in [-0.15, -0.1) is 0 Å². The minimum absolute atomic E-state index is 0.0664. The van der Waals surface area contributed by atoms with Crippen molar-refractivity contribution < 1.29 is 13.2 Å². The first-order valence-corrected chi connectivity index (χ1v) is 5.16. The van der Waals surface area contributed by atoms with Crippen LogP contribution < -0.4 is 5.32 Å². The second-order valence-corrected chi connectivity index (χ2v) is 3.79. The van der Waals surface area contributed by atoms with Gasteiger partial charge in [-0.05, 0) is 0 Å². The molecule has 0 aromatic heterocycles. The third-order valence-corrected chi connectivity index (χ3v) is 2.64. The normalized spacial score (nSPS) is 17.7. The Morgan fingerprint density at radius 2 is 1.62 bits per heavy atom. The van der Waals surface area contributed by atoms with Gasteiger partial charge < -0.3 is 0 Å². The molecule has 0 aliphatic carbocycles. The molecule has 1 saturated heterocycles. The van der Waals surface area contributed by atoms with Gasteiger partial charge in [0, 0.05) is 50.4 Å². The fourth-order valence-corrected chi connectivity index (χ4v) is 1.75. The van der Waals surface area contributed by atoms with E-state index >= 15 is 0 Å². The fourth-order valence-electron chi connectivity index (χ4n) is 1.75. The van der Waals surface area contributed by atoms with E-state index in [1.165, 1.54) is 0 Å². The van der Waals surface area contributed by atoms with Crippen molar-refractivity contribution in [3.63, 3.8) is 0 Å². The van der Waals surface area contributed by atoms with Crippen LogP contribution in [0.5, 0.6) is 0 Å². The van der Waals surface area contributed by atoms with E-state index in [0.29, 0.717) is 38.3 Å². The standard InChI is InChI=1S/C11H12F3N2/c12-8-5-10(13)9(11(14)6-8)7-16-3-1-15-2-4-16/h5-6H,1-4,7H2. The smallest absolute Gasteiger partial charge is 0.133 e. The van der Waals surface area contributed by atoms with E-state index in [1.54, 1.807) is 0 Å². The highest BCUT2D eigenvalue weighted by molar-refractivity contribution is 5.20. The van der Waals surface area contributed by atoms with Gasteiger partial charge in [0.2, 0.25) is 0 Å². The van der Waals surface area contributed by atoms with Gasteiger partial charge in [-0.1, -0.05) is 0 Å². The lowest BCUT2D eigenvalue weighted by atomic mass is 10.1. The third-order valence-electron chi connectivity index (χ3n) is 2.64. The van der Waals surface area contributed by atoms with Gasteiger partial charge in [-0.2, -0.15) is 0 Å². The van der Waals surface area contributed by atoms with Crippen molar-refractivity contribution in [1.29, 1.82) is 0 Å². The van der Waals surface area contributed by atoms with E-state index in [1.807, 2.05) is 4.90 Å². The molecule has 1 radical (unpaired) electrons. The topological polar surface area (TPSA) is 17.3 Å². The highest BCUT2D eigenvalue weighted by Gasteiger charge is 2.17. The van der Waals surface area contributed by atoms with Crippen LogP contribution in [0.1, 0.15) is 5.56 Å². The first-order chi connectivity index (χ1) is 7.66. The first kappa shape index (κ1) is 11.4. The maximum atomic E-state index is 13.3. The minimum atomic E-state index is -0.882. The average Bonchev–Trinajstić information content (AvgIpc) is 2.25. The number of piperazine rings is 1. The van der Waals surface area contributed by atoms with Gasteiger partial charge in [-0.25, -0.2) is 18.5 Å². The maximum Gasteiger partial charge on any atom is 0.133 e. The van der Waals surface area contributed by atoms with Gasteiger partial charge in [0.05, 0.1) is 0 Å². The molecule has 2 rings (SSSR count). The number of hydrogen-bond acceptors (Lipinski definition) is 1. The number of hydrogen-bond donors (Lipinski definition) is 0. The van der Waals surface area contributed by atoms with E-state index < -0.39 is 17.5 Å². The monoisotopic (exact) mass is 229 g/mol. The molecule has 2 nitrogen and oxygen atoms in total. The molecule has 0 atom stereocenters. The summed E-state index contributed by atoms with van der Waals surface area (Å²) in [5.74, 6) is -2.52. The molecule has 0 bridgehead atoms. The van der Waals surface area contributed by atoms with Crippen LogP contribution >= 0.6 is 0 Å². The second-order valence-electron chi connectivity index (χ2n) is 3.79. The first-order valence-electron chi connectivity index (χ1n) is 5.16. The van der Waals surface area contributed by atoms with E-state index in [4.69, 9.17) is 0 Å². The Morgan fingerprint density at radius 3 is 2.19 bits per heavy atom. The van der Waals surface area contributed by atoms with Crippen molar-refractivity contribution >= 4 is 0 Å². The predicted octanol–water partition coefficient (Wildman–Crippen LogP) is 1.52. The van der Waals surface area contributed by atoms with Crippen LogP contribution in [0.4, 0.5) is 13.2 Å². The van der Waals surface area contributed by atoms with Crippen LogP contribution in [0.2, 0.25) is 0 Å². The second kappa shape index (κ2) is 4.84. The van der Waals surface area contributed by atoms with Crippen LogP contribution in [0.3, 0.4) is 0 Å². The molecule has 0 N–H and O–H groups in total. The van der Waals surface area contributed by atoms with Gasteiger partial charge >= 0.3 is 0 Å². The fraction of sp³-hybridized carbons (Fsp3) is 0.455. The lowest BCUT2D eigenvalue weighted by Gasteiger charge is -2.26. The molecule has 1 fully saturated rings. The van der Waals surface area contributed by atoms with Crippen molar-refractivity contribution in [1.82, 2.24) is 10.2 Å². The predicted molar refractivity (Wildman–Crippen MR) is 53.5 cm³/mol. The quantitative estimate of drug-likeness (QED) is 0.751. The summed E-state index contributed by atoms with van der Waals surface area (Å²) in [6.07, 6.45) is 0. The van der Waals surface area contributed by atoms with Crippen molar-refractivity contribution in [2.75, 3.05) is 26.2 Å². The van der Waals surface area contributed by atoms with Crippen molar-refractivity contribution in [3.05, 3.63) is 35.1 Å². The van der Waals surface area contributed by atoms with Crippen LogP contribution in [0.25, 0.3) is 0 Å². The molecule has 5 heteroatoms. The molecule has 0 amide bonds. The van der Waals surface area contributed by atoms with Crippen LogP contribution in [0, 0.1) is 17.5 Å². The highest BCUT2D eigenvalue weighted by Crippen LogP contribution is 2.17. The zero-order valence-corrected chi connectivity index (χ0v) is 8.72. The van der Waals surface area contributed by atoms with Crippen molar-refractivity contribution in [2.24, 2.45) is 0 Å². The summed E-state index contributed by atoms with van der Waals surface area (Å²) in [7, 11) is 0. The Bertz CT molecular complexity index is 352. The summed E-state index contributed by atoms with van der Waals surface area (Å²) < 4.78 is 39.4. The van der Waals surface area contributed by atoms with Crippen molar-refractivity contribution in [3.8, 4) is 0 Å². The summed E-state index contributed by atoms with van der Waals surface area (Å²) in [5.41, 5.74) is -0.0664. The number of rotatable bonds is 2. The van der Waals surface area contributed by atoms with Crippen LogP contribution in [-0.2, 0) is 6.54 Å². The Labute approximate surface area is 92.1 Å². The molecule has 1 aliphatic rings. The number of nitrogens with zero attached hydrogens (tertiary/aromatic N) is 2. The zero-order valence-electron chi connectivity index (χ0n) is 8.72. The molecule has 0 saturated carbocycles. The molecule has 1 aromatic carbocycles. The van der Waals surface area contributed by atoms with Crippen molar-refractivity contribution in [2.45, 2.75) is 6.54 Å². The molecule has 1 heterocycles. The van der Waals surface area contributed by atoms with E-state index in [2.05, 4.69) is 5.32 Å². The molecule has 16 heavy (non-hydrogen) atoms. The van der Waals surface area contributed by atoms with Gasteiger partial charge in [0.15, 0.2) is 0 Å². The Hall–Kier alpha value is -1.07. The summed E-state index contributed by atoms with van der Waals surface area (Å²) >= 11 is 0. The van der Waals surface area contributed by atoms with E-state index in [-0.39, 0.29) is 12.1 Å². The average molecular weight is 229 g/mol. The minimum Gasteiger partial charge on any atom is -0.296 e. The summed E-state index contributed by atoms with van der Waals surface area (Å²) in [6, 6.07) is 1.43. The molecule has 0 spiro atoms. The largest absolute Gasteiger partial charge is 0.296 e. The van der Waals surface area contributed by atoms with Gasteiger partial charge in [0.25, 0.3) is 0 Å². The Morgan fingerprint density at radius 1 is 1.06 bits per heavy atom. The zero-order chi connectivity index (χ0) is 11.5. The molecule has 87 valence electrons. The van der Waals surface area contributed by atoms with Gasteiger partial charge in [0.1, 0.15) is 17.5 Å². The van der Waals surface area contributed by atoms with Gasteiger partial charge in [-0.3, -0.25) is 4.90 Å². The maximum absolute atomic E-state index is 13.3. The van der Waals surface area contributed by atoms with Crippen LogP contribution in [-0.4, -0.2) is 31.1 Å². The van der Waals surface area contributed by atoms with Crippen LogP contribution in [0.15, 0.2) is 12.1 Å². The summed E-state index contributed by atoms with van der Waals surface area (Å²) in [5, 5.41) is 4.14. The molecular weight excluding hydrogens is 217 g/mol. The lowest BCUT2D eigenvalue weighted by molar-refractivity contribution is 0.224. The highest BCUT2D eigenvalue weighted by atomic mass is 19.1. The molecule has 0 unspecified atom stereocenters.